The fourth-order valence-electron chi connectivity index (χ4n) is 5.89. The van der Waals surface area contributed by atoms with Crippen molar-refractivity contribution in [2.45, 2.75) is 134 Å². The Hall–Kier alpha value is -6.39. The summed E-state index contributed by atoms with van der Waals surface area (Å²) < 4.78 is 0. The largest absolute Gasteiger partial charge is 0.481 e. The molecule has 0 aromatic rings. The van der Waals surface area contributed by atoms with E-state index in [1.165, 1.54) is 0 Å². The Labute approximate surface area is 381 Å². The van der Waals surface area contributed by atoms with Gasteiger partial charge in [-0.1, -0.05) is 27.7 Å². The highest BCUT2D eigenvalue weighted by Crippen LogP contribution is 2.11. The molecule has 66 heavy (non-hydrogen) atoms. The van der Waals surface area contributed by atoms with Gasteiger partial charge in [0.1, 0.15) is 48.3 Å². The fourth-order valence-corrected chi connectivity index (χ4v) is 5.89. The predicted molar refractivity (Wildman–Crippen MR) is 236 cm³/mol. The molecule has 0 aromatic heterocycles. The van der Waals surface area contributed by atoms with E-state index in [2.05, 4.69) is 47.2 Å². The number of hydrogen-bond donors (Lipinski definition) is 17. The highest BCUT2D eigenvalue weighted by molar-refractivity contribution is 5.98. The number of nitrogens with two attached hydrogens (primary N) is 5. The molecule has 0 aliphatic carbocycles. The zero-order valence-electron chi connectivity index (χ0n) is 37.8. The SMILES string of the molecule is CC(C)C[C@H](NC(=O)[C@H](CC(C)C)NC(=O)[C@H](CC(=O)O)NC(=O)[C@H](CO)NC(=O)[C@H](CCCN=C(N)N)NC(=O)[C@@H](NC(=O)[C@@H](N)CO)[C@@H](C)O)C(=O)N[C@@H](CCCN=C(N)N)C(=O)O. The minimum Gasteiger partial charge on any atom is -0.481 e. The molecule has 0 bridgehead atoms. The molecule has 0 fully saturated rings. The maximum Gasteiger partial charge on any atom is 0.326 e. The van der Waals surface area contributed by atoms with E-state index in [0.29, 0.717) is 0 Å². The average molecular weight is 947 g/mol. The summed E-state index contributed by atoms with van der Waals surface area (Å²) in [5.74, 6) is -11.4. The van der Waals surface area contributed by atoms with Gasteiger partial charge in [0.2, 0.25) is 41.4 Å². The number of hydrogen-bond acceptors (Lipinski definition) is 15. The number of aliphatic imine (C=N–C) groups is 2. The third-order valence-corrected chi connectivity index (χ3v) is 9.24. The lowest BCUT2D eigenvalue weighted by Gasteiger charge is -2.28. The Kier molecular flexibility index (Phi) is 27.7. The van der Waals surface area contributed by atoms with E-state index in [9.17, 15) is 68.7 Å². The summed E-state index contributed by atoms with van der Waals surface area (Å²) in [6, 6.07) is -12.6. The number of carbonyl (C=O) groups is 9. The number of aliphatic hydroxyl groups excluding tert-OH is 3. The van der Waals surface area contributed by atoms with Gasteiger partial charge in [0.25, 0.3) is 0 Å². The molecule has 7 amide bonds. The number of nitrogens with one attached hydrogen (secondary N) is 7. The van der Waals surface area contributed by atoms with Crippen LogP contribution in [0.3, 0.4) is 0 Å². The van der Waals surface area contributed by atoms with Crippen LogP contribution in [0.2, 0.25) is 0 Å². The normalized spacial score (nSPS) is 15.1. The lowest BCUT2D eigenvalue weighted by molar-refractivity contribution is -0.142. The van der Waals surface area contributed by atoms with Gasteiger partial charge >= 0.3 is 11.9 Å². The standard InChI is InChI=1S/C38H70N14O14/c1-17(2)12-23(31(60)47-22(36(65)66)9-7-11-45-38(42)43)48-32(61)24(13-18(3)4)49-33(62)25(14-27(56)57)50-34(63)26(16-54)51-30(59)21(8-6-10-44-37(40)41)46-35(64)28(19(5)55)52-29(58)20(39)15-53/h17-26,28,53-55H,6-16,39H2,1-5H3,(H,46,64)(H,47,60)(H,48,61)(H,49,62)(H,50,63)(H,51,59)(H,52,58)(H,56,57)(H,65,66)(H4,40,41,44)(H4,42,43,45)/t19-,20+,21+,22+,23+,24+,25+,26+,28+/m1/s1. The Morgan fingerprint density at radius 2 is 0.879 bits per heavy atom. The first kappa shape index (κ1) is 59.6. The molecular weight excluding hydrogens is 877 g/mol. The number of amides is 7. The smallest absolute Gasteiger partial charge is 0.326 e. The van der Waals surface area contributed by atoms with Crippen molar-refractivity contribution in [2.75, 3.05) is 26.3 Å². The van der Waals surface area contributed by atoms with Crippen LogP contribution in [0, 0.1) is 11.8 Å². The second-order valence-corrected chi connectivity index (χ2v) is 16.2. The molecule has 9 atom stereocenters. The molecular formula is C38H70N14O14. The number of carbonyl (C=O) groups excluding carboxylic acids is 7. The van der Waals surface area contributed by atoms with Gasteiger partial charge in [-0.05, 0) is 57.3 Å². The summed E-state index contributed by atoms with van der Waals surface area (Å²) in [7, 11) is 0. The van der Waals surface area contributed by atoms with Gasteiger partial charge in [0.05, 0.1) is 25.7 Å². The van der Waals surface area contributed by atoms with E-state index < -0.39 is 127 Å². The number of rotatable bonds is 32. The number of guanidine groups is 2. The summed E-state index contributed by atoms with van der Waals surface area (Å²) in [5.41, 5.74) is 26.8. The van der Waals surface area contributed by atoms with Crippen LogP contribution in [-0.2, 0) is 43.2 Å². The van der Waals surface area contributed by atoms with Crippen molar-refractivity contribution in [3.05, 3.63) is 0 Å². The van der Waals surface area contributed by atoms with Gasteiger partial charge in [0.15, 0.2) is 11.9 Å². The van der Waals surface area contributed by atoms with E-state index >= 15 is 0 Å². The van der Waals surface area contributed by atoms with Gasteiger partial charge in [-0.25, -0.2) is 4.79 Å². The topological polar surface area (TPSA) is 494 Å². The maximum atomic E-state index is 13.7. The van der Waals surface area contributed by atoms with E-state index in [4.69, 9.17) is 28.7 Å². The van der Waals surface area contributed by atoms with Crippen LogP contribution in [0.5, 0.6) is 0 Å². The minimum absolute atomic E-state index is 0.0318. The number of carboxylic acids is 2. The third kappa shape index (κ3) is 24.1. The minimum atomic E-state index is -1.93. The van der Waals surface area contributed by atoms with Crippen molar-refractivity contribution in [1.29, 1.82) is 0 Å². The lowest BCUT2D eigenvalue weighted by atomic mass is 9.99. The van der Waals surface area contributed by atoms with Crippen molar-refractivity contribution in [3.63, 3.8) is 0 Å². The van der Waals surface area contributed by atoms with Crippen molar-refractivity contribution in [3.8, 4) is 0 Å². The fraction of sp³-hybridized carbons (Fsp3) is 0.711. The third-order valence-electron chi connectivity index (χ3n) is 9.24. The van der Waals surface area contributed by atoms with E-state index in [1.54, 1.807) is 27.7 Å². The van der Waals surface area contributed by atoms with Crippen LogP contribution in [0.4, 0.5) is 0 Å². The lowest BCUT2D eigenvalue weighted by Crippen LogP contribution is -2.62. The number of aliphatic carboxylic acids is 2. The molecule has 0 spiro atoms. The van der Waals surface area contributed by atoms with Crippen LogP contribution in [0.15, 0.2) is 9.98 Å². The molecule has 0 heterocycles. The van der Waals surface area contributed by atoms with Crippen LogP contribution >= 0.6 is 0 Å². The van der Waals surface area contributed by atoms with Crippen molar-refractivity contribution < 1.29 is 68.7 Å². The zero-order valence-corrected chi connectivity index (χ0v) is 37.8. The molecule has 0 aliphatic rings. The molecule has 0 unspecified atom stereocenters. The van der Waals surface area contributed by atoms with Gasteiger partial charge < -0.3 is 91.4 Å². The van der Waals surface area contributed by atoms with Crippen LogP contribution in [-0.4, -0.2) is 171 Å². The number of aliphatic hydroxyl groups is 3. The van der Waals surface area contributed by atoms with E-state index in [0.717, 1.165) is 6.92 Å². The summed E-state index contributed by atoms with van der Waals surface area (Å²) in [5, 5.41) is 65.1. The Morgan fingerprint density at radius 1 is 0.500 bits per heavy atom. The Balaban J connectivity index is 6.40. The quantitative estimate of drug-likeness (QED) is 0.0169. The van der Waals surface area contributed by atoms with Crippen LogP contribution in [0.1, 0.15) is 79.6 Å². The second kappa shape index (κ2) is 30.7. The van der Waals surface area contributed by atoms with E-state index in [-0.39, 0.29) is 75.4 Å². The summed E-state index contributed by atoms with van der Waals surface area (Å²) >= 11 is 0. The monoisotopic (exact) mass is 947 g/mol. The van der Waals surface area contributed by atoms with Gasteiger partial charge in [-0.3, -0.25) is 48.3 Å². The first-order valence-corrected chi connectivity index (χ1v) is 21.1. The van der Waals surface area contributed by atoms with Gasteiger partial charge in [-0.2, -0.15) is 0 Å². The molecule has 0 radical (unpaired) electrons. The van der Waals surface area contributed by atoms with Crippen molar-refractivity contribution in [2.24, 2.45) is 50.5 Å². The maximum absolute atomic E-state index is 13.7. The molecule has 0 rings (SSSR count). The molecule has 28 nitrogen and oxygen atoms in total. The van der Waals surface area contributed by atoms with Crippen molar-refractivity contribution >= 4 is 65.2 Å². The van der Waals surface area contributed by atoms with Gasteiger partial charge in [-0.15, -0.1) is 0 Å². The van der Waals surface area contributed by atoms with Gasteiger partial charge in [0, 0.05) is 13.1 Å². The van der Waals surface area contributed by atoms with E-state index in [1.807, 2.05) is 0 Å². The molecule has 28 heteroatoms. The first-order valence-electron chi connectivity index (χ1n) is 21.1. The molecule has 0 saturated heterocycles. The Morgan fingerprint density at radius 3 is 1.27 bits per heavy atom. The molecule has 22 N–H and O–H groups in total. The predicted octanol–water partition coefficient (Wildman–Crippen LogP) is -7.17. The number of nitrogens with zero attached hydrogens (tertiary/aromatic N) is 2. The average Bonchev–Trinajstić information content (AvgIpc) is 3.21. The first-order chi connectivity index (χ1) is 30.7. The summed E-state index contributed by atoms with van der Waals surface area (Å²) in [6.07, 6.45) is -2.71. The molecule has 0 aliphatic heterocycles. The summed E-state index contributed by atoms with van der Waals surface area (Å²) in [4.78, 5) is 125. The summed E-state index contributed by atoms with van der Waals surface area (Å²) in [6.45, 7) is 6.12. The van der Waals surface area contributed by atoms with Crippen LogP contribution in [0.25, 0.3) is 0 Å². The molecule has 0 saturated carbocycles. The molecule has 0 aromatic carbocycles. The number of carboxylic acid groups (broad SMARTS) is 2. The second-order valence-electron chi connectivity index (χ2n) is 16.2. The Bertz CT molecular complexity index is 1710. The highest BCUT2D eigenvalue weighted by atomic mass is 16.4. The molecule has 376 valence electrons. The van der Waals surface area contributed by atoms with Crippen LogP contribution < -0.4 is 65.9 Å². The zero-order chi connectivity index (χ0) is 50.8. The van der Waals surface area contributed by atoms with Crippen molar-refractivity contribution in [1.82, 2.24) is 37.2 Å². The highest BCUT2D eigenvalue weighted by Gasteiger charge is 2.36.